The Morgan fingerprint density at radius 2 is 1.89 bits per heavy atom. The van der Waals surface area contributed by atoms with Crippen LogP contribution in [0.3, 0.4) is 0 Å². The van der Waals surface area contributed by atoms with E-state index in [2.05, 4.69) is 22.6 Å². The Morgan fingerprint density at radius 3 is 2.58 bits per heavy atom. The van der Waals surface area contributed by atoms with E-state index in [1.54, 1.807) is 13.2 Å². The molecule has 2 aromatic rings. The molecule has 0 radical (unpaired) electrons. The van der Waals surface area contributed by atoms with Crippen LogP contribution in [0.1, 0.15) is 17.2 Å². The van der Waals surface area contributed by atoms with Gasteiger partial charge in [-0.1, -0.05) is 29.3 Å². The molecule has 0 saturated heterocycles. The predicted octanol–water partition coefficient (Wildman–Crippen LogP) is 4.65. The summed E-state index contributed by atoms with van der Waals surface area (Å²) >= 11 is 14.3. The van der Waals surface area contributed by atoms with Gasteiger partial charge in [-0.05, 0) is 64.0 Å². The molecule has 0 aromatic heterocycles. The van der Waals surface area contributed by atoms with Crippen LogP contribution in [0.5, 0.6) is 5.75 Å². The molecule has 0 aliphatic rings. The molecule has 5 heteroatoms. The van der Waals surface area contributed by atoms with E-state index in [1.807, 2.05) is 30.3 Å². The van der Waals surface area contributed by atoms with Gasteiger partial charge < -0.3 is 10.5 Å². The lowest BCUT2D eigenvalue weighted by atomic mass is 9.99. The van der Waals surface area contributed by atoms with Crippen molar-refractivity contribution in [2.24, 2.45) is 5.73 Å². The summed E-state index contributed by atoms with van der Waals surface area (Å²) in [6.45, 7) is 0. The number of rotatable bonds is 3. The number of hydrogen-bond acceptors (Lipinski definition) is 2. The fraction of sp³-hybridized carbons (Fsp3) is 0.143. The van der Waals surface area contributed by atoms with Gasteiger partial charge in [-0.15, -0.1) is 0 Å². The van der Waals surface area contributed by atoms with Gasteiger partial charge in [-0.3, -0.25) is 0 Å². The monoisotopic (exact) mass is 407 g/mol. The maximum Gasteiger partial charge on any atom is 0.137 e. The number of methoxy groups -OCH3 is 1. The van der Waals surface area contributed by atoms with Crippen LogP contribution in [-0.2, 0) is 0 Å². The van der Waals surface area contributed by atoms with Gasteiger partial charge in [0.25, 0.3) is 0 Å². The van der Waals surface area contributed by atoms with Gasteiger partial charge in [0.15, 0.2) is 0 Å². The molecule has 0 aliphatic heterocycles. The normalized spacial score (nSPS) is 12.3. The Kier molecular flexibility index (Phi) is 4.95. The zero-order valence-corrected chi connectivity index (χ0v) is 13.8. The summed E-state index contributed by atoms with van der Waals surface area (Å²) in [7, 11) is 1.58. The fourth-order valence-corrected chi connectivity index (χ4v) is 2.85. The number of nitrogens with two attached hydrogens (primary N) is 1. The summed E-state index contributed by atoms with van der Waals surface area (Å²) < 4.78 is 6.28. The minimum atomic E-state index is -0.267. The molecule has 2 nitrogen and oxygen atoms in total. The van der Waals surface area contributed by atoms with Crippen molar-refractivity contribution >= 4 is 45.8 Å². The maximum absolute atomic E-state index is 6.30. The SMILES string of the molecule is COc1cc(C(N)c2cc(Cl)ccc2I)ccc1Cl. The molecule has 0 amide bonds. The van der Waals surface area contributed by atoms with E-state index in [9.17, 15) is 0 Å². The fourth-order valence-electron chi connectivity index (χ4n) is 1.80. The highest BCUT2D eigenvalue weighted by Gasteiger charge is 2.14. The third kappa shape index (κ3) is 3.34. The molecule has 0 spiro atoms. The first-order chi connectivity index (χ1) is 9.02. The summed E-state index contributed by atoms with van der Waals surface area (Å²) in [4.78, 5) is 0. The van der Waals surface area contributed by atoms with Crippen LogP contribution in [0, 0.1) is 3.57 Å². The zero-order chi connectivity index (χ0) is 14.0. The minimum absolute atomic E-state index is 0.267. The van der Waals surface area contributed by atoms with Gasteiger partial charge in [0.2, 0.25) is 0 Å². The molecule has 0 bridgehead atoms. The lowest BCUT2D eigenvalue weighted by molar-refractivity contribution is 0.414. The van der Waals surface area contributed by atoms with Crippen molar-refractivity contribution in [2.45, 2.75) is 6.04 Å². The second kappa shape index (κ2) is 6.31. The first kappa shape index (κ1) is 14.9. The number of halogens is 3. The van der Waals surface area contributed by atoms with Gasteiger partial charge >= 0.3 is 0 Å². The van der Waals surface area contributed by atoms with Crippen molar-refractivity contribution < 1.29 is 4.74 Å². The molecule has 1 atom stereocenters. The molecule has 0 saturated carbocycles. The second-order valence-corrected chi connectivity index (χ2v) is 6.04. The van der Waals surface area contributed by atoms with E-state index in [1.165, 1.54) is 0 Å². The first-order valence-corrected chi connectivity index (χ1v) is 7.40. The molecule has 100 valence electrons. The van der Waals surface area contributed by atoms with Crippen LogP contribution in [0.15, 0.2) is 36.4 Å². The summed E-state index contributed by atoms with van der Waals surface area (Å²) in [5.41, 5.74) is 8.21. The third-order valence-electron chi connectivity index (χ3n) is 2.83. The Bertz CT molecular complexity index is 604. The van der Waals surface area contributed by atoms with E-state index in [-0.39, 0.29) is 6.04 Å². The van der Waals surface area contributed by atoms with Crippen molar-refractivity contribution in [3.8, 4) is 5.75 Å². The average molecular weight is 408 g/mol. The lowest BCUT2D eigenvalue weighted by Crippen LogP contribution is -2.13. The molecule has 19 heavy (non-hydrogen) atoms. The van der Waals surface area contributed by atoms with Gasteiger partial charge in [0, 0.05) is 8.59 Å². The molecule has 0 aliphatic carbocycles. The highest BCUT2D eigenvalue weighted by Crippen LogP contribution is 2.31. The molecular weight excluding hydrogens is 396 g/mol. The van der Waals surface area contributed by atoms with Crippen LogP contribution < -0.4 is 10.5 Å². The molecule has 2 N–H and O–H groups in total. The van der Waals surface area contributed by atoms with E-state index in [0.29, 0.717) is 15.8 Å². The largest absolute Gasteiger partial charge is 0.495 e. The number of benzene rings is 2. The van der Waals surface area contributed by atoms with Crippen molar-refractivity contribution in [3.05, 3.63) is 61.1 Å². The highest BCUT2D eigenvalue weighted by molar-refractivity contribution is 14.1. The van der Waals surface area contributed by atoms with E-state index < -0.39 is 0 Å². The summed E-state index contributed by atoms with van der Waals surface area (Å²) in [5, 5.41) is 1.24. The standard InChI is InChI=1S/C14H12Cl2INO/c1-19-13-6-8(2-4-11(13)16)14(18)10-7-9(15)3-5-12(10)17/h2-7,14H,18H2,1H3. The zero-order valence-electron chi connectivity index (χ0n) is 10.2. The predicted molar refractivity (Wildman–Crippen MR) is 88.2 cm³/mol. The highest BCUT2D eigenvalue weighted by atomic mass is 127. The van der Waals surface area contributed by atoms with E-state index >= 15 is 0 Å². The van der Waals surface area contributed by atoms with Gasteiger partial charge in [-0.25, -0.2) is 0 Å². The summed E-state index contributed by atoms with van der Waals surface area (Å²) in [6.07, 6.45) is 0. The van der Waals surface area contributed by atoms with Gasteiger partial charge in [-0.2, -0.15) is 0 Å². The maximum atomic E-state index is 6.30. The number of ether oxygens (including phenoxy) is 1. The Labute approximate surface area is 136 Å². The molecule has 2 rings (SSSR count). The van der Waals surface area contributed by atoms with Crippen molar-refractivity contribution in [1.82, 2.24) is 0 Å². The molecule has 0 fully saturated rings. The quantitative estimate of drug-likeness (QED) is 0.751. The van der Waals surface area contributed by atoms with Crippen LogP contribution in [0.2, 0.25) is 10.0 Å². The van der Waals surface area contributed by atoms with Gasteiger partial charge in [0.1, 0.15) is 5.75 Å². The molecule has 0 heterocycles. The Balaban J connectivity index is 2.43. The second-order valence-electron chi connectivity index (χ2n) is 4.04. The van der Waals surface area contributed by atoms with E-state index in [0.717, 1.165) is 14.7 Å². The van der Waals surface area contributed by atoms with Crippen molar-refractivity contribution in [1.29, 1.82) is 0 Å². The van der Waals surface area contributed by atoms with Crippen LogP contribution in [0.25, 0.3) is 0 Å². The van der Waals surface area contributed by atoms with Crippen molar-refractivity contribution in [3.63, 3.8) is 0 Å². The van der Waals surface area contributed by atoms with Gasteiger partial charge in [0.05, 0.1) is 18.2 Å². The topological polar surface area (TPSA) is 35.2 Å². The molecule has 1 unspecified atom stereocenters. The molecule has 2 aromatic carbocycles. The average Bonchev–Trinajstić information content (AvgIpc) is 2.41. The van der Waals surface area contributed by atoms with Crippen molar-refractivity contribution in [2.75, 3.05) is 7.11 Å². The lowest BCUT2D eigenvalue weighted by Gasteiger charge is -2.16. The van der Waals surface area contributed by atoms with Crippen LogP contribution in [-0.4, -0.2) is 7.11 Å². The van der Waals surface area contributed by atoms with Crippen LogP contribution in [0.4, 0.5) is 0 Å². The van der Waals surface area contributed by atoms with Crippen LogP contribution >= 0.6 is 45.8 Å². The minimum Gasteiger partial charge on any atom is -0.495 e. The summed E-state index contributed by atoms with van der Waals surface area (Å²) in [5.74, 6) is 0.617. The number of hydrogen-bond donors (Lipinski definition) is 1. The third-order valence-corrected chi connectivity index (χ3v) is 4.36. The van der Waals surface area contributed by atoms with E-state index in [4.69, 9.17) is 33.7 Å². The first-order valence-electron chi connectivity index (χ1n) is 5.57. The Morgan fingerprint density at radius 1 is 1.16 bits per heavy atom. The summed E-state index contributed by atoms with van der Waals surface area (Å²) in [6, 6.07) is 10.9. The smallest absolute Gasteiger partial charge is 0.137 e. The Hall–Kier alpha value is -0.490. The molecular formula is C14H12Cl2INO.